The van der Waals surface area contributed by atoms with E-state index in [-0.39, 0.29) is 18.4 Å². The minimum absolute atomic E-state index is 0.0838. The van der Waals surface area contributed by atoms with Crippen LogP contribution in [0.1, 0.15) is 23.7 Å². The summed E-state index contributed by atoms with van der Waals surface area (Å²) in [5.41, 5.74) is 1.30. The summed E-state index contributed by atoms with van der Waals surface area (Å²) in [6, 6.07) is 4.90. The van der Waals surface area contributed by atoms with Crippen LogP contribution in [-0.2, 0) is 11.3 Å². The molecule has 8 nitrogen and oxygen atoms in total. The summed E-state index contributed by atoms with van der Waals surface area (Å²) < 4.78 is 6.50. The topological polar surface area (TPSA) is 96.6 Å². The molecule has 1 aliphatic heterocycles. The lowest BCUT2D eigenvalue weighted by Crippen LogP contribution is -2.46. The summed E-state index contributed by atoms with van der Waals surface area (Å²) in [4.78, 5) is 38.2. The third-order valence-electron chi connectivity index (χ3n) is 4.19. The van der Waals surface area contributed by atoms with Crippen molar-refractivity contribution in [2.24, 2.45) is 0 Å². The van der Waals surface area contributed by atoms with E-state index in [9.17, 15) is 14.4 Å². The van der Waals surface area contributed by atoms with E-state index in [1.54, 1.807) is 23.1 Å². The van der Waals surface area contributed by atoms with Gasteiger partial charge in [-0.2, -0.15) is 0 Å². The number of rotatable bonds is 5. The van der Waals surface area contributed by atoms with Crippen molar-refractivity contribution in [3.8, 4) is 0 Å². The number of nitrogens with zero attached hydrogens (tertiary/aromatic N) is 2. The number of benzene rings is 1. The minimum atomic E-state index is -0.603. The molecule has 1 aromatic heterocycles. The second-order valence-corrected chi connectivity index (χ2v) is 6.03. The van der Waals surface area contributed by atoms with E-state index in [1.807, 2.05) is 6.92 Å². The quantitative estimate of drug-likeness (QED) is 0.804. The van der Waals surface area contributed by atoms with Crippen molar-refractivity contribution in [2.45, 2.75) is 19.9 Å². The van der Waals surface area contributed by atoms with Gasteiger partial charge in [0.05, 0.1) is 5.52 Å². The van der Waals surface area contributed by atoms with E-state index in [0.717, 1.165) is 19.5 Å². The van der Waals surface area contributed by atoms with Crippen molar-refractivity contribution in [3.63, 3.8) is 0 Å². The first-order valence-electron chi connectivity index (χ1n) is 8.50. The number of carbonyl (C=O) groups excluding carboxylic acids is 2. The number of aromatic nitrogens is 1. The fourth-order valence-electron chi connectivity index (χ4n) is 2.86. The molecule has 3 rings (SSSR count). The van der Waals surface area contributed by atoms with Crippen LogP contribution in [0.3, 0.4) is 0 Å². The average Bonchev–Trinajstić information content (AvgIpc) is 2.94. The maximum atomic E-state index is 12.5. The number of fused-ring (bicyclic) bond motifs is 1. The van der Waals surface area contributed by atoms with Crippen LogP contribution in [0, 0.1) is 0 Å². The molecule has 0 aliphatic carbocycles. The lowest BCUT2D eigenvalue weighted by molar-refractivity contribution is -0.121. The molecule has 0 bridgehead atoms. The van der Waals surface area contributed by atoms with Crippen molar-refractivity contribution in [2.75, 3.05) is 32.7 Å². The highest BCUT2D eigenvalue weighted by molar-refractivity contribution is 5.97. The van der Waals surface area contributed by atoms with Crippen LogP contribution in [-0.4, -0.2) is 54.0 Å². The molecule has 2 aromatic rings. The summed E-state index contributed by atoms with van der Waals surface area (Å²) in [6.07, 6.45) is 0.824. The second kappa shape index (κ2) is 7.52. The molecule has 0 radical (unpaired) electrons. The van der Waals surface area contributed by atoms with Crippen molar-refractivity contribution in [3.05, 3.63) is 34.3 Å². The van der Waals surface area contributed by atoms with Crippen molar-refractivity contribution < 1.29 is 14.0 Å². The maximum Gasteiger partial charge on any atom is 0.420 e. The molecule has 0 spiro atoms. The third kappa shape index (κ3) is 3.74. The molecule has 25 heavy (non-hydrogen) atoms. The van der Waals surface area contributed by atoms with Gasteiger partial charge in [-0.05, 0) is 24.6 Å². The van der Waals surface area contributed by atoms with Crippen LogP contribution >= 0.6 is 0 Å². The van der Waals surface area contributed by atoms with Gasteiger partial charge in [-0.3, -0.25) is 14.2 Å². The monoisotopic (exact) mass is 346 g/mol. The summed E-state index contributed by atoms with van der Waals surface area (Å²) in [7, 11) is 0. The first-order chi connectivity index (χ1) is 12.1. The van der Waals surface area contributed by atoms with Crippen LogP contribution in [0.25, 0.3) is 11.1 Å². The zero-order chi connectivity index (χ0) is 17.8. The van der Waals surface area contributed by atoms with Gasteiger partial charge in [0.15, 0.2) is 5.58 Å². The number of nitrogens with one attached hydrogen (secondary N) is 2. The van der Waals surface area contributed by atoms with E-state index in [1.165, 1.54) is 4.57 Å². The highest BCUT2D eigenvalue weighted by atomic mass is 16.4. The Morgan fingerprint density at radius 3 is 2.76 bits per heavy atom. The van der Waals surface area contributed by atoms with Crippen LogP contribution in [0.15, 0.2) is 27.4 Å². The molecule has 2 heterocycles. The van der Waals surface area contributed by atoms with Gasteiger partial charge >= 0.3 is 5.76 Å². The van der Waals surface area contributed by atoms with Gasteiger partial charge in [0.2, 0.25) is 5.91 Å². The molecule has 2 amide bonds. The van der Waals surface area contributed by atoms with Gasteiger partial charge in [0, 0.05) is 38.3 Å². The molecule has 2 N–H and O–H groups in total. The van der Waals surface area contributed by atoms with Gasteiger partial charge < -0.3 is 20.0 Å². The molecule has 8 heteroatoms. The van der Waals surface area contributed by atoms with E-state index in [0.29, 0.717) is 36.3 Å². The number of amides is 2. The SMILES string of the molecule is CCCNC(=O)Cn1c(=O)oc2cc(C(=O)N3CCNCC3)ccc21. The van der Waals surface area contributed by atoms with Gasteiger partial charge in [0.25, 0.3) is 5.91 Å². The molecule has 1 aliphatic rings. The first kappa shape index (κ1) is 17.2. The number of hydrogen-bond donors (Lipinski definition) is 2. The largest absolute Gasteiger partial charge is 0.420 e. The van der Waals surface area contributed by atoms with Gasteiger partial charge in [-0.1, -0.05) is 6.92 Å². The zero-order valence-corrected chi connectivity index (χ0v) is 14.2. The van der Waals surface area contributed by atoms with Crippen molar-refractivity contribution in [1.29, 1.82) is 0 Å². The Labute approximate surface area is 144 Å². The number of hydrogen-bond acceptors (Lipinski definition) is 5. The Morgan fingerprint density at radius 1 is 1.28 bits per heavy atom. The Hall–Kier alpha value is -2.61. The molecule has 134 valence electrons. The first-order valence-corrected chi connectivity index (χ1v) is 8.50. The standard InChI is InChI=1S/C17H22N4O4/c1-2-5-19-15(22)11-21-13-4-3-12(10-14(13)25-17(21)24)16(23)20-8-6-18-7-9-20/h3-4,10,18H,2,5-9,11H2,1H3,(H,19,22). The Morgan fingerprint density at radius 2 is 2.04 bits per heavy atom. The smallest absolute Gasteiger partial charge is 0.408 e. The van der Waals surface area contributed by atoms with Crippen LogP contribution in [0.4, 0.5) is 0 Å². The highest BCUT2D eigenvalue weighted by Gasteiger charge is 2.20. The molecule has 1 fully saturated rings. The molecular weight excluding hydrogens is 324 g/mol. The van der Waals surface area contributed by atoms with Crippen molar-refractivity contribution in [1.82, 2.24) is 20.1 Å². The molecule has 0 unspecified atom stereocenters. The van der Waals surface area contributed by atoms with Gasteiger partial charge in [-0.25, -0.2) is 4.79 Å². The van der Waals surface area contributed by atoms with Gasteiger partial charge in [-0.15, -0.1) is 0 Å². The van der Waals surface area contributed by atoms with E-state index >= 15 is 0 Å². The third-order valence-corrected chi connectivity index (χ3v) is 4.19. The molecule has 0 saturated carbocycles. The van der Waals surface area contributed by atoms with E-state index < -0.39 is 5.76 Å². The summed E-state index contributed by atoms with van der Waals surface area (Å²) in [5.74, 6) is -0.930. The molecule has 1 saturated heterocycles. The molecule has 1 aromatic carbocycles. The lowest BCUT2D eigenvalue weighted by atomic mass is 10.1. The Kier molecular flexibility index (Phi) is 5.18. The zero-order valence-electron chi connectivity index (χ0n) is 14.2. The highest BCUT2D eigenvalue weighted by Crippen LogP contribution is 2.17. The fraction of sp³-hybridized carbons (Fsp3) is 0.471. The molecular formula is C17H22N4O4. The number of oxazole rings is 1. The molecule has 0 atom stereocenters. The van der Waals surface area contributed by atoms with Crippen LogP contribution in [0.5, 0.6) is 0 Å². The number of carbonyl (C=O) groups is 2. The summed E-state index contributed by atoms with van der Waals surface area (Å²) >= 11 is 0. The van der Waals surface area contributed by atoms with E-state index in [4.69, 9.17) is 4.42 Å². The lowest BCUT2D eigenvalue weighted by Gasteiger charge is -2.27. The van der Waals surface area contributed by atoms with Crippen LogP contribution in [0.2, 0.25) is 0 Å². The van der Waals surface area contributed by atoms with Crippen molar-refractivity contribution >= 4 is 22.9 Å². The number of piperazine rings is 1. The van der Waals surface area contributed by atoms with E-state index in [2.05, 4.69) is 10.6 Å². The Bertz CT molecular complexity index is 833. The summed E-state index contributed by atoms with van der Waals surface area (Å²) in [5, 5.41) is 5.93. The predicted octanol–water partition coefficient (Wildman–Crippen LogP) is 0.166. The average molecular weight is 346 g/mol. The Balaban J connectivity index is 1.83. The summed E-state index contributed by atoms with van der Waals surface area (Å²) in [6.45, 7) is 5.26. The normalized spacial score (nSPS) is 14.7. The maximum absolute atomic E-state index is 12.5. The van der Waals surface area contributed by atoms with Gasteiger partial charge in [0.1, 0.15) is 6.54 Å². The second-order valence-electron chi connectivity index (χ2n) is 6.03. The predicted molar refractivity (Wildman–Crippen MR) is 92.5 cm³/mol. The van der Waals surface area contributed by atoms with Crippen LogP contribution < -0.4 is 16.4 Å². The fourth-order valence-corrected chi connectivity index (χ4v) is 2.86. The minimum Gasteiger partial charge on any atom is -0.408 e.